The van der Waals surface area contributed by atoms with E-state index in [9.17, 15) is 0 Å². The fourth-order valence-electron chi connectivity index (χ4n) is 2.24. The maximum Gasteiger partial charge on any atom is 0.101 e. The average molecular weight is 233 g/mol. The van der Waals surface area contributed by atoms with Crippen LogP contribution in [0.5, 0.6) is 0 Å². The van der Waals surface area contributed by atoms with Crippen molar-refractivity contribution in [2.45, 2.75) is 24.7 Å². The maximum atomic E-state index is 5.89. The molecule has 1 aliphatic rings. The lowest BCUT2D eigenvalue weighted by atomic mass is 9.69. The van der Waals surface area contributed by atoms with Crippen LogP contribution < -0.4 is 5.73 Å². The monoisotopic (exact) mass is 233 g/mol. The quantitative estimate of drug-likeness (QED) is 0.856. The first-order chi connectivity index (χ1) is 7.84. The number of hydrogen-bond donors (Lipinski definition) is 2. The second-order valence-corrected chi connectivity index (χ2v) is 5.32. The number of rotatable bonds is 3. The molecule has 2 heterocycles. The molecule has 2 aromatic heterocycles. The van der Waals surface area contributed by atoms with Gasteiger partial charge in [0.2, 0.25) is 0 Å². The Balaban J connectivity index is 1.93. The van der Waals surface area contributed by atoms with E-state index >= 15 is 0 Å². The van der Waals surface area contributed by atoms with Crippen LogP contribution in [-0.2, 0) is 5.41 Å². The highest BCUT2D eigenvalue weighted by Crippen LogP contribution is 2.44. The van der Waals surface area contributed by atoms with E-state index in [4.69, 9.17) is 10.7 Å². The SMILES string of the molecule is NCC1(c2nc(-c3ccc[nH]3)cs2)CCC1. The zero-order valence-corrected chi connectivity index (χ0v) is 9.89. The first-order valence-corrected chi connectivity index (χ1v) is 6.52. The molecule has 3 N–H and O–H groups in total. The Bertz CT molecular complexity index is 463. The van der Waals surface area contributed by atoms with Crippen molar-refractivity contribution in [3.63, 3.8) is 0 Å². The van der Waals surface area contributed by atoms with Gasteiger partial charge in [0.25, 0.3) is 0 Å². The Morgan fingerprint density at radius 2 is 2.38 bits per heavy atom. The van der Waals surface area contributed by atoms with E-state index < -0.39 is 0 Å². The fraction of sp³-hybridized carbons (Fsp3) is 0.417. The van der Waals surface area contributed by atoms with Gasteiger partial charge in [-0.05, 0) is 25.0 Å². The van der Waals surface area contributed by atoms with Gasteiger partial charge in [0, 0.05) is 23.5 Å². The van der Waals surface area contributed by atoms with Crippen LogP contribution >= 0.6 is 11.3 Å². The summed E-state index contributed by atoms with van der Waals surface area (Å²) in [6.07, 6.45) is 5.60. The highest BCUT2D eigenvalue weighted by molar-refractivity contribution is 7.10. The summed E-state index contributed by atoms with van der Waals surface area (Å²) >= 11 is 1.74. The van der Waals surface area contributed by atoms with E-state index in [1.165, 1.54) is 24.3 Å². The number of thiazole rings is 1. The van der Waals surface area contributed by atoms with Crippen LogP contribution in [0.3, 0.4) is 0 Å². The molecule has 16 heavy (non-hydrogen) atoms. The summed E-state index contributed by atoms with van der Waals surface area (Å²) in [7, 11) is 0. The summed E-state index contributed by atoms with van der Waals surface area (Å²) in [5.74, 6) is 0. The third-order valence-electron chi connectivity index (χ3n) is 3.53. The van der Waals surface area contributed by atoms with Crippen molar-refractivity contribution in [1.82, 2.24) is 9.97 Å². The number of aromatic amines is 1. The van der Waals surface area contributed by atoms with Crippen molar-refractivity contribution in [3.8, 4) is 11.4 Å². The standard InChI is InChI=1S/C12H15N3S/c13-8-12(4-2-5-12)11-15-10(7-16-11)9-3-1-6-14-9/h1,3,6-7,14H,2,4-5,8,13H2. The zero-order valence-electron chi connectivity index (χ0n) is 9.07. The summed E-state index contributed by atoms with van der Waals surface area (Å²) in [6.45, 7) is 0.727. The van der Waals surface area contributed by atoms with Gasteiger partial charge in [-0.15, -0.1) is 11.3 Å². The first-order valence-electron chi connectivity index (χ1n) is 5.64. The maximum absolute atomic E-state index is 5.89. The number of nitrogens with one attached hydrogen (secondary N) is 1. The second-order valence-electron chi connectivity index (χ2n) is 4.46. The van der Waals surface area contributed by atoms with E-state index in [1.54, 1.807) is 11.3 Å². The van der Waals surface area contributed by atoms with Crippen LogP contribution in [0.25, 0.3) is 11.4 Å². The molecule has 0 unspecified atom stereocenters. The fourth-order valence-corrected chi connectivity index (χ4v) is 3.33. The molecule has 1 saturated carbocycles. The molecule has 3 rings (SSSR count). The Morgan fingerprint density at radius 3 is 2.94 bits per heavy atom. The zero-order chi connectivity index (χ0) is 11.0. The van der Waals surface area contributed by atoms with E-state index in [-0.39, 0.29) is 5.41 Å². The summed E-state index contributed by atoms with van der Waals surface area (Å²) in [5, 5.41) is 3.34. The summed E-state index contributed by atoms with van der Waals surface area (Å²) in [4.78, 5) is 7.91. The average Bonchev–Trinajstić information content (AvgIpc) is 2.86. The minimum atomic E-state index is 0.190. The predicted molar refractivity (Wildman–Crippen MR) is 66.5 cm³/mol. The third-order valence-corrected chi connectivity index (χ3v) is 4.62. The van der Waals surface area contributed by atoms with Gasteiger partial charge in [-0.3, -0.25) is 0 Å². The minimum Gasteiger partial charge on any atom is -0.360 e. The Hall–Kier alpha value is -1.13. The highest BCUT2D eigenvalue weighted by Gasteiger charge is 2.39. The Morgan fingerprint density at radius 1 is 1.50 bits per heavy atom. The van der Waals surface area contributed by atoms with Crippen molar-refractivity contribution in [2.75, 3.05) is 6.54 Å². The van der Waals surface area contributed by atoms with E-state index in [0.717, 1.165) is 17.9 Å². The molecule has 0 aliphatic heterocycles. The van der Waals surface area contributed by atoms with Crippen LogP contribution in [0.1, 0.15) is 24.3 Å². The van der Waals surface area contributed by atoms with Crippen LogP contribution in [0.4, 0.5) is 0 Å². The van der Waals surface area contributed by atoms with Gasteiger partial charge in [0.15, 0.2) is 0 Å². The first kappa shape index (κ1) is 10.1. The molecular formula is C12H15N3S. The minimum absolute atomic E-state index is 0.190. The van der Waals surface area contributed by atoms with E-state index in [2.05, 4.69) is 16.4 Å². The Kier molecular flexibility index (Phi) is 2.33. The molecule has 1 fully saturated rings. The van der Waals surface area contributed by atoms with Crippen molar-refractivity contribution < 1.29 is 0 Å². The molecule has 1 aliphatic carbocycles. The smallest absolute Gasteiger partial charge is 0.101 e. The van der Waals surface area contributed by atoms with E-state index in [0.29, 0.717) is 0 Å². The molecule has 0 aromatic carbocycles. The number of aromatic nitrogens is 2. The van der Waals surface area contributed by atoms with Crippen molar-refractivity contribution >= 4 is 11.3 Å². The van der Waals surface area contributed by atoms with Crippen LogP contribution in [0.2, 0.25) is 0 Å². The van der Waals surface area contributed by atoms with Gasteiger partial charge >= 0.3 is 0 Å². The van der Waals surface area contributed by atoms with Crippen LogP contribution in [0.15, 0.2) is 23.7 Å². The topological polar surface area (TPSA) is 54.7 Å². The molecule has 4 heteroatoms. The predicted octanol–water partition coefficient (Wildman–Crippen LogP) is 2.52. The van der Waals surface area contributed by atoms with Gasteiger partial charge < -0.3 is 10.7 Å². The molecule has 3 nitrogen and oxygen atoms in total. The summed E-state index contributed by atoms with van der Waals surface area (Å²) in [6, 6.07) is 4.05. The van der Waals surface area contributed by atoms with Crippen molar-refractivity contribution in [3.05, 3.63) is 28.7 Å². The lowest BCUT2D eigenvalue weighted by Gasteiger charge is -2.38. The van der Waals surface area contributed by atoms with Crippen molar-refractivity contribution in [1.29, 1.82) is 0 Å². The molecule has 0 radical (unpaired) electrons. The second kappa shape index (κ2) is 3.71. The molecular weight excluding hydrogens is 218 g/mol. The summed E-state index contributed by atoms with van der Waals surface area (Å²) < 4.78 is 0. The van der Waals surface area contributed by atoms with E-state index in [1.807, 2.05) is 12.3 Å². The Labute approximate surface area is 98.7 Å². The molecule has 0 spiro atoms. The van der Waals surface area contributed by atoms with Crippen LogP contribution in [-0.4, -0.2) is 16.5 Å². The lowest BCUT2D eigenvalue weighted by Crippen LogP contribution is -2.41. The van der Waals surface area contributed by atoms with Gasteiger partial charge in [-0.2, -0.15) is 0 Å². The third kappa shape index (κ3) is 1.41. The van der Waals surface area contributed by atoms with Gasteiger partial charge in [0.05, 0.1) is 11.4 Å². The van der Waals surface area contributed by atoms with Gasteiger partial charge in [-0.25, -0.2) is 4.98 Å². The number of nitrogens with two attached hydrogens (primary N) is 1. The largest absolute Gasteiger partial charge is 0.360 e. The van der Waals surface area contributed by atoms with Crippen LogP contribution in [0, 0.1) is 0 Å². The molecule has 84 valence electrons. The molecule has 0 saturated heterocycles. The number of nitrogens with zero attached hydrogens (tertiary/aromatic N) is 1. The molecule has 0 amide bonds. The molecule has 0 bridgehead atoms. The van der Waals surface area contributed by atoms with Gasteiger partial charge in [-0.1, -0.05) is 6.42 Å². The molecule has 0 atom stereocenters. The lowest BCUT2D eigenvalue weighted by molar-refractivity contribution is 0.252. The summed E-state index contributed by atoms with van der Waals surface area (Å²) in [5.41, 5.74) is 8.22. The number of hydrogen-bond acceptors (Lipinski definition) is 3. The molecule has 2 aromatic rings. The van der Waals surface area contributed by atoms with Crippen molar-refractivity contribution in [2.24, 2.45) is 5.73 Å². The normalized spacial score (nSPS) is 18.3. The number of H-pyrrole nitrogens is 1. The van der Waals surface area contributed by atoms with Gasteiger partial charge in [0.1, 0.15) is 5.01 Å². The highest BCUT2D eigenvalue weighted by atomic mass is 32.1.